The second kappa shape index (κ2) is 9.21. The van der Waals surface area contributed by atoms with Gasteiger partial charge in [0.1, 0.15) is 17.5 Å². The smallest absolute Gasteiger partial charge is 0.453 e. The van der Waals surface area contributed by atoms with Crippen LogP contribution in [0.5, 0.6) is 0 Å². The van der Waals surface area contributed by atoms with Crippen LogP contribution in [0, 0.1) is 20.2 Å². The lowest BCUT2D eigenvalue weighted by Crippen LogP contribution is -2.64. The summed E-state index contributed by atoms with van der Waals surface area (Å²) in [6.07, 6.45) is 0. The highest BCUT2D eigenvalue weighted by Gasteiger charge is 2.64. The van der Waals surface area contributed by atoms with E-state index in [1.807, 2.05) is 0 Å². The third-order valence-electron chi connectivity index (χ3n) is 3.07. The van der Waals surface area contributed by atoms with E-state index >= 15 is 0 Å². The molecule has 0 saturated heterocycles. The molecule has 0 aliphatic carbocycles. The van der Waals surface area contributed by atoms with Gasteiger partial charge in [-0.2, -0.15) is 0 Å². The van der Waals surface area contributed by atoms with Crippen molar-refractivity contribution in [3.05, 3.63) is 50.6 Å². The Morgan fingerprint density at radius 2 is 1.77 bits per heavy atom. The summed E-state index contributed by atoms with van der Waals surface area (Å²) in [7, 11) is 1.38. The van der Waals surface area contributed by atoms with Crippen molar-refractivity contribution in [2.45, 2.75) is 11.7 Å². The van der Waals surface area contributed by atoms with Crippen molar-refractivity contribution in [2.75, 3.05) is 16.5 Å². The maximum absolute atomic E-state index is 11.7. The first-order valence-corrected chi connectivity index (χ1v) is 9.23. The molecule has 0 aliphatic rings. The summed E-state index contributed by atoms with van der Waals surface area (Å²) in [6.45, 7) is 0. The number of carboxylic acid groups (broad SMARTS) is 2. The van der Waals surface area contributed by atoms with Crippen LogP contribution in [0.4, 0.5) is 5.69 Å². The quantitative estimate of drug-likeness (QED) is 0.152. The fourth-order valence-corrected chi connectivity index (χ4v) is 4.21. The van der Waals surface area contributed by atoms with Crippen LogP contribution in [0.15, 0.2) is 30.3 Å². The molecule has 4 N–H and O–H groups in total. The summed E-state index contributed by atoms with van der Waals surface area (Å²) >= 11 is 0. The highest BCUT2D eigenvalue weighted by molar-refractivity contribution is 8.76. The molecule has 0 radical (unpaired) electrons. The van der Waals surface area contributed by atoms with Gasteiger partial charge in [-0.3, -0.25) is 14.9 Å². The molecule has 0 saturated carbocycles. The first-order valence-electron chi connectivity index (χ1n) is 6.75. The molecule has 1 aromatic rings. The van der Waals surface area contributed by atoms with Crippen LogP contribution in [-0.2, 0) is 9.59 Å². The standard InChI is InChI=1S/C12H14N4O8S2/c13-9(10(17)18)6-25-26-7-12(11(19)20,15(21)22)14(16(23)24)8-4-2-1-3-5-8/h1-5,9H,6-7,13H2,(H,17,18)(H,19,20)/t9?,12-/m1/s1. The monoisotopic (exact) mass is 406 g/mol. The highest BCUT2D eigenvalue weighted by Crippen LogP contribution is 2.33. The van der Waals surface area contributed by atoms with Gasteiger partial charge in [0, 0.05) is 5.75 Å². The number of anilines is 1. The third-order valence-corrected chi connectivity index (χ3v) is 5.51. The molecular weight excluding hydrogens is 392 g/mol. The molecule has 0 amide bonds. The van der Waals surface area contributed by atoms with Gasteiger partial charge < -0.3 is 15.9 Å². The Bertz CT molecular complexity index is 675. The number of hydrogen-bond acceptors (Lipinski definition) is 9. The number of hydrogen-bond donors (Lipinski definition) is 3. The Hall–Kier alpha value is -2.58. The van der Waals surface area contributed by atoms with Crippen molar-refractivity contribution in [1.82, 2.24) is 0 Å². The fourth-order valence-electron chi connectivity index (χ4n) is 1.75. The molecule has 0 bridgehead atoms. The van der Waals surface area contributed by atoms with Crippen LogP contribution >= 0.6 is 21.6 Å². The Kier molecular flexibility index (Phi) is 7.60. The summed E-state index contributed by atoms with van der Waals surface area (Å²) in [4.78, 5) is 44.1. The molecule has 0 aromatic heterocycles. The van der Waals surface area contributed by atoms with Crippen LogP contribution in [0.1, 0.15) is 0 Å². The maximum atomic E-state index is 11.7. The number of rotatable bonds is 11. The number of para-hydroxylation sites is 1. The van der Waals surface area contributed by atoms with Gasteiger partial charge in [-0.15, -0.1) is 0 Å². The molecule has 2 atom stereocenters. The maximum Gasteiger partial charge on any atom is 0.453 e. The van der Waals surface area contributed by atoms with Crippen LogP contribution in [0.3, 0.4) is 0 Å². The highest BCUT2D eigenvalue weighted by atomic mass is 33.1. The van der Waals surface area contributed by atoms with E-state index in [9.17, 15) is 34.9 Å². The average molecular weight is 406 g/mol. The summed E-state index contributed by atoms with van der Waals surface area (Å²) in [6, 6.07) is 5.32. The van der Waals surface area contributed by atoms with Gasteiger partial charge in [0.2, 0.25) is 0 Å². The lowest BCUT2D eigenvalue weighted by molar-refractivity contribution is -0.619. The number of nitrogens with zero attached hydrogens (tertiary/aromatic N) is 3. The summed E-state index contributed by atoms with van der Waals surface area (Å²) < 4.78 is 0. The van der Waals surface area contributed by atoms with Crippen molar-refractivity contribution in [3.63, 3.8) is 0 Å². The van der Waals surface area contributed by atoms with Gasteiger partial charge >= 0.3 is 17.6 Å². The second-order valence-electron chi connectivity index (χ2n) is 4.76. The van der Waals surface area contributed by atoms with E-state index in [0.717, 1.165) is 10.8 Å². The normalized spacial score (nSPS) is 14.0. The van der Waals surface area contributed by atoms with Crippen molar-refractivity contribution < 1.29 is 29.8 Å². The number of carbonyl (C=O) groups is 2. The summed E-state index contributed by atoms with van der Waals surface area (Å²) in [5.41, 5.74) is 1.89. The molecule has 0 fully saturated rings. The van der Waals surface area contributed by atoms with Gasteiger partial charge in [-0.05, 0) is 17.1 Å². The topological polar surface area (TPSA) is 190 Å². The fraction of sp³-hybridized carbons (Fsp3) is 0.333. The molecule has 14 heteroatoms. The molecule has 0 spiro atoms. The number of nitro groups is 2. The molecule has 1 aromatic carbocycles. The van der Waals surface area contributed by atoms with E-state index in [2.05, 4.69) is 0 Å². The van der Waals surface area contributed by atoms with Gasteiger partial charge in [0.25, 0.3) is 0 Å². The Morgan fingerprint density at radius 3 is 2.19 bits per heavy atom. The Balaban J connectivity index is 3.16. The molecule has 142 valence electrons. The van der Waals surface area contributed by atoms with Gasteiger partial charge in [-0.25, -0.2) is 14.9 Å². The van der Waals surface area contributed by atoms with E-state index in [1.54, 1.807) is 0 Å². The van der Waals surface area contributed by atoms with Gasteiger partial charge in [0.15, 0.2) is 5.03 Å². The lowest BCUT2D eigenvalue weighted by Gasteiger charge is -2.26. The third kappa shape index (κ3) is 4.74. The van der Waals surface area contributed by atoms with E-state index in [0.29, 0.717) is 10.8 Å². The van der Waals surface area contributed by atoms with Crippen LogP contribution < -0.4 is 10.7 Å². The lowest BCUT2D eigenvalue weighted by atomic mass is 10.1. The Morgan fingerprint density at radius 1 is 1.19 bits per heavy atom. The average Bonchev–Trinajstić information content (AvgIpc) is 2.56. The molecular formula is C12H14N4O8S2. The zero-order chi connectivity index (χ0) is 19.9. The van der Waals surface area contributed by atoms with Crippen molar-refractivity contribution in [3.8, 4) is 0 Å². The number of nitrogens with two attached hydrogens (primary N) is 1. The molecule has 1 unspecified atom stereocenters. The van der Waals surface area contributed by atoms with Crippen molar-refractivity contribution >= 4 is 39.2 Å². The second-order valence-corrected chi connectivity index (χ2v) is 7.26. The summed E-state index contributed by atoms with van der Waals surface area (Å²) in [5.74, 6) is -4.33. The zero-order valence-corrected chi connectivity index (χ0v) is 14.6. The molecule has 1 rings (SSSR count). The van der Waals surface area contributed by atoms with Crippen molar-refractivity contribution in [2.24, 2.45) is 5.73 Å². The minimum absolute atomic E-state index is 0.0278. The minimum atomic E-state index is -3.10. The first kappa shape index (κ1) is 21.5. The SMILES string of the molecule is NC(CSSC[C@@](C(=O)O)(N(c1ccccc1)[N+](=O)[O-])[N+](=O)[O-])C(=O)O. The number of aliphatic carboxylic acids is 2. The number of hydrazine groups is 1. The Labute approximate surface area is 154 Å². The first-order chi connectivity index (χ1) is 12.1. The molecule has 26 heavy (non-hydrogen) atoms. The van der Waals surface area contributed by atoms with E-state index in [-0.39, 0.29) is 16.4 Å². The van der Waals surface area contributed by atoms with Crippen LogP contribution in [-0.4, -0.2) is 55.3 Å². The van der Waals surface area contributed by atoms with Crippen molar-refractivity contribution in [1.29, 1.82) is 0 Å². The molecule has 12 nitrogen and oxygen atoms in total. The number of carboxylic acids is 2. The molecule has 0 aliphatic heterocycles. The van der Waals surface area contributed by atoms with Gasteiger partial charge in [0.05, 0.1) is 4.92 Å². The predicted molar refractivity (Wildman–Crippen MR) is 93.8 cm³/mol. The zero-order valence-electron chi connectivity index (χ0n) is 13.0. The summed E-state index contributed by atoms with van der Waals surface area (Å²) in [5, 5.41) is 39.9. The molecule has 0 heterocycles. The predicted octanol–water partition coefficient (Wildman–Crippen LogP) is 0.536. The van der Waals surface area contributed by atoms with E-state index in [4.69, 9.17) is 10.8 Å². The van der Waals surface area contributed by atoms with Crippen LogP contribution in [0.25, 0.3) is 0 Å². The van der Waals surface area contributed by atoms with E-state index in [1.165, 1.54) is 30.3 Å². The van der Waals surface area contributed by atoms with E-state index < -0.39 is 39.4 Å². The minimum Gasteiger partial charge on any atom is -0.480 e. The number of benzene rings is 1. The van der Waals surface area contributed by atoms with Gasteiger partial charge in [-0.1, -0.05) is 39.8 Å². The van der Waals surface area contributed by atoms with Crippen LogP contribution in [0.2, 0.25) is 0 Å². The largest absolute Gasteiger partial charge is 0.480 e.